The van der Waals surface area contributed by atoms with E-state index in [1.807, 2.05) is 0 Å². The summed E-state index contributed by atoms with van der Waals surface area (Å²) in [7, 11) is 2.62. The molecular weight excluding hydrogens is 302 g/mol. The molecule has 0 aliphatic carbocycles. The summed E-state index contributed by atoms with van der Waals surface area (Å²) in [5.41, 5.74) is 0.456. The van der Waals surface area contributed by atoms with Gasteiger partial charge in [0, 0.05) is 14.2 Å². The van der Waals surface area contributed by atoms with Crippen molar-refractivity contribution in [2.75, 3.05) is 14.2 Å². The van der Waals surface area contributed by atoms with Crippen LogP contribution in [0.3, 0.4) is 0 Å². The molecule has 4 nitrogen and oxygen atoms in total. The molecule has 0 atom stereocenters. The van der Waals surface area contributed by atoms with Crippen molar-refractivity contribution >= 4 is 40.8 Å². The molecule has 0 aromatic heterocycles. The molecule has 0 fully saturated rings. The molecule has 0 N–H and O–H groups in total. The van der Waals surface area contributed by atoms with Crippen molar-refractivity contribution in [1.82, 2.24) is 0 Å². The van der Waals surface area contributed by atoms with Gasteiger partial charge in [-0.2, -0.15) is 0 Å². The number of alkyl halides is 3. The van der Waals surface area contributed by atoms with Gasteiger partial charge in [0.05, 0.1) is 5.56 Å². The van der Waals surface area contributed by atoms with E-state index in [0.29, 0.717) is 5.56 Å². The number of carbonyl (C=O) groups is 1. The molecule has 0 aliphatic rings. The molecule has 0 bridgehead atoms. The van der Waals surface area contributed by atoms with Crippen LogP contribution in [-0.4, -0.2) is 24.0 Å². The minimum Gasteiger partial charge on any atom is -0.401 e. The Balaban J connectivity index is 3.06. The topological polar surface area (TPSA) is 44.8 Å². The number of methoxy groups -OCH3 is 2. The molecule has 0 saturated carbocycles. The zero-order valence-corrected chi connectivity index (χ0v) is 11.9. The molecule has 0 saturated heterocycles. The minimum absolute atomic E-state index is 0.456. The van der Waals surface area contributed by atoms with Gasteiger partial charge in [-0.3, -0.25) is 0 Å². The Labute approximate surface area is 120 Å². The lowest BCUT2D eigenvalue weighted by atomic mass is 10.2. The fourth-order valence-corrected chi connectivity index (χ4v) is 1.40. The van der Waals surface area contributed by atoms with Crippen LogP contribution < -0.4 is 0 Å². The predicted octanol–water partition coefficient (Wildman–Crippen LogP) is 3.00. The van der Waals surface area contributed by atoms with Crippen molar-refractivity contribution in [3.05, 3.63) is 35.9 Å². The predicted molar refractivity (Wildman–Crippen MR) is 68.5 cm³/mol. The second-order valence-electron chi connectivity index (χ2n) is 3.22. The highest BCUT2D eigenvalue weighted by Gasteiger charge is 2.43. The van der Waals surface area contributed by atoms with Crippen molar-refractivity contribution in [3.63, 3.8) is 0 Å². The fraction of sp³-hybridized carbons (Fsp3) is 0.364. The van der Waals surface area contributed by atoms with Crippen LogP contribution in [0.1, 0.15) is 5.56 Å². The maximum Gasteiger partial charge on any atom is 0.363 e. The highest BCUT2D eigenvalue weighted by Crippen LogP contribution is 2.34. The largest absolute Gasteiger partial charge is 0.401 e. The molecule has 0 heterocycles. The maximum atomic E-state index is 11.6. The smallest absolute Gasteiger partial charge is 0.363 e. The zero-order chi connectivity index (χ0) is 13.8. The number of ether oxygens (including phenoxy) is 3. The highest BCUT2D eigenvalue weighted by atomic mass is 35.6. The van der Waals surface area contributed by atoms with Gasteiger partial charge in [0.15, 0.2) is 0 Å². The molecular formula is C11H11Cl3O4. The molecule has 0 spiro atoms. The second kappa shape index (κ2) is 6.08. The number of hydrogen-bond acceptors (Lipinski definition) is 4. The lowest BCUT2D eigenvalue weighted by Crippen LogP contribution is -2.40. The summed E-state index contributed by atoms with van der Waals surface area (Å²) in [6.07, 6.45) is 0. The van der Waals surface area contributed by atoms with E-state index < -0.39 is 15.7 Å². The van der Waals surface area contributed by atoms with Crippen molar-refractivity contribution < 1.29 is 19.0 Å². The Morgan fingerprint density at radius 2 is 1.56 bits per heavy atom. The molecule has 100 valence electrons. The van der Waals surface area contributed by atoms with Crippen LogP contribution in [0.15, 0.2) is 30.3 Å². The molecule has 0 unspecified atom stereocenters. The molecule has 0 radical (unpaired) electrons. The third kappa shape index (κ3) is 3.49. The van der Waals surface area contributed by atoms with E-state index >= 15 is 0 Å². The van der Waals surface area contributed by atoms with Gasteiger partial charge in [-0.15, -0.1) is 0 Å². The number of halogens is 3. The van der Waals surface area contributed by atoms with Gasteiger partial charge in [-0.1, -0.05) is 53.0 Å². The number of esters is 1. The van der Waals surface area contributed by atoms with Gasteiger partial charge in [-0.25, -0.2) is 4.79 Å². The molecule has 1 rings (SSSR count). The first-order valence-corrected chi connectivity index (χ1v) is 5.95. The van der Waals surface area contributed by atoms with Crippen LogP contribution in [-0.2, 0) is 25.0 Å². The van der Waals surface area contributed by atoms with Crippen molar-refractivity contribution in [3.8, 4) is 0 Å². The van der Waals surface area contributed by atoms with Crippen molar-refractivity contribution in [1.29, 1.82) is 0 Å². The summed E-state index contributed by atoms with van der Waals surface area (Å²) >= 11 is 16.3. The van der Waals surface area contributed by atoms with Gasteiger partial charge >= 0.3 is 11.9 Å². The van der Waals surface area contributed by atoms with Gasteiger partial charge in [0.1, 0.15) is 0 Å². The molecule has 1 aromatic rings. The van der Waals surface area contributed by atoms with E-state index in [9.17, 15) is 4.79 Å². The Kier molecular flexibility index (Phi) is 5.25. The second-order valence-corrected chi connectivity index (χ2v) is 5.50. The zero-order valence-electron chi connectivity index (χ0n) is 9.65. The Hall–Kier alpha value is -0.520. The van der Waals surface area contributed by atoms with E-state index in [1.54, 1.807) is 30.3 Å². The fourth-order valence-electron chi connectivity index (χ4n) is 1.28. The molecule has 0 amide bonds. The Morgan fingerprint density at radius 1 is 1.06 bits per heavy atom. The lowest BCUT2D eigenvalue weighted by molar-refractivity contribution is -0.355. The van der Waals surface area contributed by atoms with Gasteiger partial charge in [0.25, 0.3) is 3.79 Å². The Bertz CT molecular complexity index is 398. The van der Waals surface area contributed by atoms with E-state index in [0.717, 1.165) is 0 Å². The Morgan fingerprint density at radius 3 is 1.94 bits per heavy atom. The van der Waals surface area contributed by atoms with Gasteiger partial charge in [-0.05, 0) is 12.1 Å². The molecule has 7 heteroatoms. The molecule has 1 aromatic carbocycles. The SMILES string of the molecule is COC(OC)(OC(=O)C(Cl)(Cl)Cl)c1ccccc1. The van der Waals surface area contributed by atoms with Crippen LogP contribution in [0, 0.1) is 0 Å². The van der Waals surface area contributed by atoms with E-state index in [-0.39, 0.29) is 0 Å². The summed E-state index contributed by atoms with van der Waals surface area (Å²) in [6.45, 7) is 0. The maximum absolute atomic E-state index is 11.6. The minimum atomic E-state index is -2.21. The normalized spacial score (nSPS) is 12.3. The van der Waals surface area contributed by atoms with Crippen LogP contribution in [0.5, 0.6) is 0 Å². The quantitative estimate of drug-likeness (QED) is 0.487. The number of hydrogen-bond donors (Lipinski definition) is 0. The average molecular weight is 314 g/mol. The monoisotopic (exact) mass is 312 g/mol. The standard InChI is InChI=1S/C11H11Cl3O4/c1-16-11(17-2,8-6-4-3-5-7-8)18-9(15)10(12,13)14/h3-7H,1-2H3. The highest BCUT2D eigenvalue weighted by molar-refractivity contribution is 6.75. The van der Waals surface area contributed by atoms with Crippen molar-refractivity contribution in [2.24, 2.45) is 0 Å². The first-order chi connectivity index (χ1) is 8.35. The third-order valence-electron chi connectivity index (χ3n) is 2.12. The van der Waals surface area contributed by atoms with Crippen LogP contribution in [0.2, 0.25) is 0 Å². The summed E-state index contributed by atoms with van der Waals surface area (Å²) < 4.78 is 13.0. The third-order valence-corrected chi connectivity index (χ3v) is 2.59. The average Bonchev–Trinajstić information content (AvgIpc) is 2.35. The molecule has 18 heavy (non-hydrogen) atoms. The summed E-state index contributed by atoms with van der Waals surface area (Å²) in [5.74, 6) is -2.84. The summed E-state index contributed by atoms with van der Waals surface area (Å²) in [4.78, 5) is 11.6. The van der Waals surface area contributed by atoms with E-state index in [1.165, 1.54) is 14.2 Å². The van der Waals surface area contributed by atoms with Gasteiger partial charge in [0.2, 0.25) is 0 Å². The number of benzene rings is 1. The van der Waals surface area contributed by atoms with Gasteiger partial charge < -0.3 is 14.2 Å². The first kappa shape index (κ1) is 15.5. The van der Waals surface area contributed by atoms with Crippen LogP contribution in [0.25, 0.3) is 0 Å². The van der Waals surface area contributed by atoms with E-state index in [4.69, 9.17) is 49.0 Å². The first-order valence-electron chi connectivity index (χ1n) is 4.81. The number of rotatable bonds is 4. The van der Waals surface area contributed by atoms with Crippen LogP contribution in [0.4, 0.5) is 0 Å². The molecule has 0 aliphatic heterocycles. The summed E-state index contributed by atoms with van der Waals surface area (Å²) in [5, 5.41) is 0. The summed E-state index contributed by atoms with van der Waals surface area (Å²) in [6, 6.07) is 8.55. The lowest BCUT2D eigenvalue weighted by Gasteiger charge is -2.30. The number of carbonyl (C=O) groups excluding carboxylic acids is 1. The van der Waals surface area contributed by atoms with E-state index in [2.05, 4.69) is 0 Å². The van der Waals surface area contributed by atoms with Crippen molar-refractivity contribution in [2.45, 2.75) is 9.77 Å². The van der Waals surface area contributed by atoms with Crippen LogP contribution >= 0.6 is 34.8 Å².